The van der Waals surface area contributed by atoms with Gasteiger partial charge in [-0.2, -0.15) is 0 Å². The summed E-state index contributed by atoms with van der Waals surface area (Å²) in [5, 5.41) is 6.00. The van der Waals surface area contributed by atoms with E-state index in [1.54, 1.807) is 43.7 Å². The van der Waals surface area contributed by atoms with Crippen molar-refractivity contribution in [1.29, 1.82) is 0 Å². The second kappa shape index (κ2) is 8.64. The fraction of sp³-hybridized carbons (Fsp3) is 0.182. The van der Waals surface area contributed by atoms with Crippen LogP contribution in [0.4, 0.5) is 10.8 Å². The van der Waals surface area contributed by atoms with E-state index in [1.807, 2.05) is 17.5 Å². The molecule has 10 heteroatoms. The van der Waals surface area contributed by atoms with Gasteiger partial charge in [0.1, 0.15) is 11.3 Å². The van der Waals surface area contributed by atoms with Crippen molar-refractivity contribution in [1.82, 2.24) is 4.98 Å². The first-order valence-corrected chi connectivity index (χ1v) is 12.3. The molecule has 0 fully saturated rings. The lowest BCUT2D eigenvalue weighted by Crippen LogP contribution is -2.24. The van der Waals surface area contributed by atoms with Gasteiger partial charge in [0.25, 0.3) is 0 Å². The molecule has 166 valence electrons. The third-order valence-electron chi connectivity index (χ3n) is 4.99. The molecular formula is C22H21N3O5S2. The third-order valence-corrected chi connectivity index (χ3v) is 6.95. The van der Waals surface area contributed by atoms with Crippen LogP contribution in [-0.2, 0) is 21.2 Å². The molecule has 1 N–H and O–H groups in total. The lowest BCUT2D eigenvalue weighted by Gasteiger charge is -2.16. The molecule has 0 saturated heterocycles. The van der Waals surface area contributed by atoms with Crippen LogP contribution < -0.4 is 14.4 Å². The minimum atomic E-state index is -3.32. The van der Waals surface area contributed by atoms with Crippen LogP contribution in [0.1, 0.15) is 5.56 Å². The Labute approximate surface area is 189 Å². The number of fused-ring (bicyclic) bond motifs is 1. The number of hydrogen-bond donors (Lipinski definition) is 1. The van der Waals surface area contributed by atoms with Gasteiger partial charge in [0.05, 0.1) is 37.4 Å². The van der Waals surface area contributed by atoms with Gasteiger partial charge in [0.15, 0.2) is 5.13 Å². The summed E-state index contributed by atoms with van der Waals surface area (Å²) >= 11 is 1.32. The highest BCUT2D eigenvalue weighted by Gasteiger charge is 2.15. The summed E-state index contributed by atoms with van der Waals surface area (Å²) in [5.41, 5.74) is 3.52. The molecule has 0 aliphatic heterocycles. The van der Waals surface area contributed by atoms with E-state index in [0.717, 1.165) is 22.8 Å². The van der Waals surface area contributed by atoms with Crippen molar-refractivity contribution in [3.8, 4) is 17.0 Å². The maximum absolute atomic E-state index is 12.5. The second-order valence-electron chi connectivity index (χ2n) is 7.16. The van der Waals surface area contributed by atoms with Gasteiger partial charge in [-0.15, -0.1) is 11.3 Å². The number of carbonyl (C=O) groups is 1. The fourth-order valence-electron chi connectivity index (χ4n) is 3.16. The first kappa shape index (κ1) is 21.8. The minimum absolute atomic E-state index is 0.154. The number of thiazole rings is 1. The average molecular weight is 472 g/mol. The lowest BCUT2D eigenvalue weighted by molar-refractivity contribution is -0.115. The van der Waals surface area contributed by atoms with Crippen molar-refractivity contribution in [3.05, 3.63) is 59.7 Å². The van der Waals surface area contributed by atoms with Crippen LogP contribution in [0.3, 0.4) is 0 Å². The van der Waals surface area contributed by atoms with Crippen molar-refractivity contribution in [2.24, 2.45) is 0 Å². The van der Waals surface area contributed by atoms with Crippen molar-refractivity contribution >= 4 is 49.1 Å². The predicted molar refractivity (Wildman–Crippen MR) is 126 cm³/mol. The van der Waals surface area contributed by atoms with Crippen LogP contribution in [0.2, 0.25) is 0 Å². The van der Waals surface area contributed by atoms with Crippen molar-refractivity contribution in [3.63, 3.8) is 0 Å². The third kappa shape index (κ3) is 4.61. The number of ether oxygens (including phenoxy) is 1. The number of benzene rings is 2. The number of sulfonamides is 1. The zero-order valence-electron chi connectivity index (χ0n) is 17.7. The van der Waals surface area contributed by atoms with E-state index in [0.29, 0.717) is 27.8 Å². The van der Waals surface area contributed by atoms with E-state index in [4.69, 9.17) is 9.15 Å². The number of carbonyl (C=O) groups excluding carboxylic acids is 1. The fourth-order valence-corrected chi connectivity index (χ4v) is 4.40. The van der Waals surface area contributed by atoms with E-state index in [2.05, 4.69) is 10.3 Å². The molecule has 0 saturated carbocycles. The summed E-state index contributed by atoms with van der Waals surface area (Å²) in [5.74, 6) is 0.490. The van der Waals surface area contributed by atoms with Crippen molar-refractivity contribution in [2.45, 2.75) is 6.42 Å². The summed E-state index contributed by atoms with van der Waals surface area (Å²) in [7, 11) is -0.235. The number of rotatable bonds is 7. The first-order valence-electron chi connectivity index (χ1n) is 9.58. The summed E-state index contributed by atoms with van der Waals surface area (Å²) in [6.07, 6.45) is 2.88. The Morgan fingerprint density at radius 1 is 1.22 bits per heavy atom. The zero-order chi connectivity index (χ0) is 22.9. The van der Waals surface area contributed by atoms with Crippen LogP contribution in [0.5, 0.6) is 5.75 Å². The number of amides is 1. The molecule has 1 amide bonds. The second-order valence-corrected chi connectivity index (χ2v) is 10.0. The van der Waals surface area contributed by atoms with Crippen LogP contribution in [0.25, 0.3) is 22.2 Å². The summed E-state index contributed by atoms with van der Waals surface area (Å²) in [6, 6.07) is 12.5. The average Bonchev–Trinajstić information content (AvgIpc) is 3.39. The van der Waals surface area contributed by atoms with Crippen molar-refractivity contribution in [2.75, 3.05) is 30.0 Å². The van der Waals surface area contributed by atoms with E-state index in [9.17, 15) is 13.2 Å². The molecule has 0 unspecified atom stereocenters. The standard InChI is InChI=1S/C22H21N3O5S2/c1-25(32(3,27)28)16-6-4-14(5-7-16)19-13-31-22(23-19)24-21(26)10-15-12-30-20-11-17(29-2)8-9-18(15)20/h4-9,11-13H,10H2,1-3H3,(H,23,24,26). The van der Waals surface area contributed by atoms with Gasteiger partial charge >= 0.3 is 0 Å². The number of nitrogens with one attached hydrogen (secondary N) is 1. The predicted octanol–water partition coefficient (Wildman–Crippen LogP) is 4.14. The van der Waals surface area contributed by atoms with Crippen LogP contribution in [-0.4, -0.2) is 39.7 Å². The largest absolute Gasteiger partial charge is 0.497 e. The Hall–Kier alpha value is -3.37. The van der Waals surface area contributed by atoms with Gasteiger partial charge in [-0.05, 0) is 24.3 Å². The number of furan rings is 1. The SMILES string of the molecule is COc1ccc2c(CC(=O)Nc3nc(-c4ccc(N(C)S(C)(=O)=O)cc4)cs3)coc2c1. The molecule has 4 aromatic rings. The smallest absolute Gasteiger partial charge is 0.231 e. The van der Waals surface area contributed by atoms with Crippen molar-refractivity contribution < 1.29 is 22.4 Å². The van der Waals surface area contributed by atoms with Crippen LogP contribution in [0, 0.1) is 0 Å². The molecule has 0 radical (unpaired) electrons. The number of hydrogen-bond acceptors (Lipinski definition) is 7. The summed E-state index contributed by atoms with van der Waals surface area (Å²) in [6.45, 7) is 0. The van der Waals surface area contributed by atoms with Gasteiger partial charge in [-0.1, -0.05) is 12.1 Å². The van der Waals surface area contributed by atoms with E-state index in [-0.39, 0.29) is 12.3 Å². The molecule has 0 bridgehead atoms. The Balaban J connectivity index is 1.43. The molecule has 0 aliphatic rings. The van der Waals surface area contributed by atoms with E-state index in [1.165, 1.54) is 22.7 Å². The molecule has 0 spiro atoms. The first-order chi connectivity index (χ1) is 15.2. The number of aromatic nitrogens is 1. The normalized spacial score (nSPS) is 11.5. The molecular weight excluding hydrogens is 450 g/mol. The quantitative estimate of drug-likeness (QED) is 0.435. The van der Waals surface area contributed by atoms with Crippen LogP contribution >= 0.6 is 11.3 Å². The highest BCUT2D eigenvalue weighted by atomic mass is 32.2. The molecule has 0 atom stereocenters. The molecule has 8 nitrogen and oxygen atoms in total. The lowest BCUT2D eigenvalue weighted by atomic mass is 10.1. The van der Waals surface area contributed by atoms with Gasteiger partial charge in [0, 0.05) is 35.0 Å². The maximum Gasteiger partial charge on any atom is 0.231 e. The number of nitrogens with zero attached hydrogens (tertiary/aromatic N) is 2. The minimum Gasteiger partial charge on any atom is -0.497 e. The maximum atomic E-state index is 12.5. The van der Waals surface area contributed by atoms with Gasteiger partial charge in [-0.25, -0.2) is 13.4 Å². The zero-order valence-corrected chi connectivity index (χ0v) is 19.3. The number of anilines is 2. The highest BCUT2D eigenvalue weighted by molar-refractivity contribution is 7.92. The van der Waals surface area contributed by atoms with Gasteiger partial charge < -0.3 is 14.5 Å². The van der Waals surface area contributed by atoms with E-state index < -0.39 is 10.0 Å². The van der Waals surface area contributed by atoms with Gasteiger partial charge in [-0.3, -0.25) is 9.10 Å². The molecule has 2 heterocycles. The molecule has 4 rings (SSSR count). The number of methoxy groups -OCH3 is 1. The van der Waals surface area contributed by atoms with Crippen LogP contribution in [0.15, 0.2) is 58.5 Å². The Bertz CT molecular complexity index is 1370. The Morgan fingerprint density at radius 2 is 1.97 bits per heavy atom. The molecule has 32 heavy (non-hydrogen) atoms. The molecule has 2 aromatic carbocycles. The Kier molecular flexibility index (Phi) is 5.90. The van der Waals surface area contributed by atoms with E-state index >= 15 is 0 Å². The molecule has 0 aliphatic carbocycles. The summed E-state index contributed by atoms with van der Waals surface area (Å²) < 4.78 is 35.3. The monoisotopic (exact) mass is 471 g/mol. The highest BCUT2D eigenvalue weighted by Crippen LogP contribution is 2.28. The molecule has 2 aromatic heterocycles. The topological polar surface area (TPSA) is 102 Å². The summed E-state index contributed by atoms with van der Waals surface area (Å²) in [4.78, 5) is 17.0. The van der Waals surface area contributed by atoms with Gasteiger partial charge in [0.2, 0.25) is 15.9 Å². The Morgan fingerprint density at radius 3 is 2.66 bits per heavy atom.